The molecule has 4 nitrogen and oxygen atoms in total. The minimum Gasteiger partial charge on any atom is -0.335 e. The maximum Gasteiger partial charge on any atom is 0.362 e. The summed E-state index contributed by atoms with van der Waals surface area (Å²) < 4.78 is 0. The van der Waals surface area contributed by atoms with Crippen LogP contribution < -0.4 is 5.48 Å². The average Bonchev–Trinajstić information content (AvgIpc) is 2.77. The lowest BCUT2D eigenvalue weighted by atomic mass is 9.96. The van der Waals surface area contributed by atoms with E-state index >= 15 is 0 Å². The molecule has 1 amide bonds. The van der Waals surface area contributed by atoms with Crippen molar-refractivity contribution < 1.29 is 14.4 Å². The van der Waals surface area contributed by atoms with E-state index in [1.165, 1.54) is 0 Å². The van der Waals surface area contributed by atoms with E-state index in [9.17, 15) is 9.59 Å². The van der Waals surface area contributed by atoms with Crippen molar-refractivity contribution in [1.29, 1.82) is 0 Å². The molecular weight excluding hydrogens is 350 g/mol. The van der Waals surface area contributed by atoms with Crippen LogP contribution in [0.15, 0.2) is 97.1 Å². The molecule has 4 aromatic rings. The summed E-state index contributed by atoms with van der Waals surface area (Å²) in [6.45, 7) is 0. The predicted octanol–water partition coefficient (Wildman–Crippen LogP) is 5.01. The molecule has 0 radical (unpaired) electrons. The SMILES string of the molecule is O=C(ONC(=O)c1cc(-c2ccccc2)cc2ccccc12)c1ccccc1. The Kier molecular flexibility index (Phi) is 4.85. The molecule has 0 heterocycles. The molecule has 0 fully saturated rings. The summed E-state index contributed by atoms with van der Waals surface area (Å²) in [5.74, 6) is -1.09. The molecule has 0 aromatic heterocycles. The minimum atomic E-state index is -0.613. The van der Waals surface area contributed by atoms with Gasteiger partial charge in [0.25, 0.3) is 5.91 Å². The maximum atomic E-state index is 12.8. The van der Waals surface area contributed by atoms with Crippen LogP contribution >= 0.6 is 0 Å². The molecule has 0 aliphatic carbocycles. The molecule has 0 aliphatic heterocycles. The highest BCUT2D eigenvalue weighted by Crippen LogP contribution is 2.27. The quantitative estimate of drug-likeness (QED) is 0.518. The van der Waals surface area contributed by atoms with Gasteiger partial charge >= 0.3 is 5.97 Å². The summed E-state index contributed by atoms with van der Waals surface area (Å²) in [5.41, 5.74) is 5.01. The van der Waals surface area contributed by atoms with E-state index in [1.54, 1.807) is 30.3 Å². The number of hydroxylamine groups is 1. The summed E-state index contributed by atoms with van der Waals surface area (Å²) in [6, 6.07) is 29.8. The number of carbonyl (C=O) groups is 2. The third kappa shape index (κ3) is 3.62. The summed E-state index contributed by atoms with van der Waals surface area (Å²) in [7, 11) is 0. The van der Waals surface area contributed by atoms with Gasteiger partial charge in [-0.25, -0.2) is 4.79 Å². The first-order chi connectivity index (χ1) is 13.7. The highest BCUT2D eigenvalue weighted by atomic mass is 16.7. The predicted molar refractivity (Wildman–Crippen MR) is 109 cm³/mol. The molecule has 4 aromatic carbocycles. The molecule has 0 saturated carbocycles. The summed E-state index contributed by atoms with van der Waals surface area (Å²) in [6.07, 6.45) is 0. The standard InChI is InChI=1S/C24H17NO3/c26-23(25-28-24(27)18-11-5-2-6-12-18)22-16-20(17-9-3-1-4-10-17)15-19-13-7-8-14-21(19)22/h1-16H,(H,25,26). The molecule has 4 rings (SSSR count). The van der Waals surface area contributed by atoms with Crippen LogP contribution in [0.3, 0.4) is 0 Å². The Morgan fingerprint density at radius 2 is 1.32 bits per heavy atom. The first-order valence-corrected chi connectivity index (χ1v) is 8.87. The maximum absolute atomic E-state index is 12.8. The van der Waals surface area contributed by atoms with E-state index in [1.807, 2.05) is 66.7 Å². The lowest BCUT2D eigenvalue weighted by Crippen LogP contribution is -2.27. The highest BCUT2D eigenvalue weighted by molar-refractivity contribution is 6.08. The summed E-state index contributed by atoms with van der Waals surface area (Å²) in [4.78, 5) is 29.9. The van der Waals surface area contributed by atoms with Crippen molar-refractivity contribution in [2.75, 3.05) is 0 Å². The summed E-state index contributed by atoms with van der Waals surface area (Å²) in [5, 5.41) is 1.72. The van der Waals surface area contributed by atoms with Gasteiger partial charge in [0, 0.05) is 0 Å². The number of hydrogen-bond acceptors (Lipinski definition) is 3. The topological polar surface area (TPSA) is 55.4 Å². The Morgan fingerprint density at radius 3 is 2.07 bits per heavy atom. The molecule has 0 bridgehead atoms. The molecular formula is C24H17NO3. The third-order valence-electron chi connectivity index (χ3n) is 4.46. The van der Waals surface area contributed by atoms with Crippen molar-refractivity contribution in [2.45, 2.75) is 0 Å². The largest absolute Gasteiger partial charge is 0.362 e. The van der Waals surface area contributed by atoms with E-state index < -0.39 is 11.9 Å². The van der Waals surface area contributed by atoms with E-state index in [0.29, 0.717) is 11.1 Å². The molecule has 0 aliphatic rings. The lowest BCUT2D eigenvalue weighted by molar-refractivity contribution is 0.0231. The van der Waals surface area contributed by atoms with Crippen molar-refractivity contribution in [3.8, 4) is 11.1 Å². The fourth-order valence-corrected chi connectivity index (χ4v) is 3.08. The van der Waals surface area contributed by atoms with E-state index in [4.69, 9.17) is 4.84 Å². The van der Waals surface area contributed by atoms with Crippen LogP contribution in [0.5, 0.6) is 0 Å². The van der Waals surface area contributed by atoms with Crippen LogP contribution in [0.2, 0.25) is 0 Å². The zero-order valence-electron chi connectivity index (χ0n) is 15.0. The molecule has 0 unspecified atom stereocenters. The fourth-order valence-electron chi connectivity index (χ4n) is 3.08. The Labute approximate surface area is 162 Å². The van der Waals surface area contributed by atoms with E-state index in [0.717, 1.165) is 21.9 Å². The molecule has 0 atom stereocenters. The van der Waals surface area contributed by atoms with Crippen LogP contribution in [-0.4, -0.2) is 11.9 Å². The Balaban J connectivity index is 1.65. The molecule has 4 heteroatoms. The number of rotatable bonds is 3. The second-order valence-corrected chi connectivity index (χ2v) is 6.30. The van der Waals surface area contributed by atoms with Crippen LogP contribution in [0.1, 0.15) is 20.7 Å². The number of amides is 1. The monoisotopic (exact) mass is 367 g/mol. The fraction of sp³-hybridized carbons (Fsp3) is 0. The van der Waals surface area contributed by atoms with Crippen LogP contribution in [0.4, 0.5) is 0 Å². The number of carbonyl (C=O) groups excluding carboxylic acids is 2. The second-order valence-electron chi connectivity index (χ2n) is 6.30. The van der Waals surface area contributed by atoms with Gasteiger partial charge in [-0.2, -0.15) is 5.48 Å². The van der Waals surface area contributed by atoms with Gasteiger partial charge in [0.05, 0.1) is 11.1 Å². The van der Waals surface area contributed by atoms with E-state index in [2.05, 4.69) is 5.48 Å². The van der Waals surface area contributed by atoms with Crippen molar-refractivity contribution in [2.24, 2.45) is 0 Å². The Hall–Kier alpha value is -3.92. The third-order valence-corrected chi connectivity index (χ3v) is 4.46. The number of hydrogen-bond donors (Lipinski definition) is 1. The van der Waals surface area contributed by atoms with Gasteiger partial charge in [0.15, 0.2) is 0 Å². The van der Waals surface area contributed by atoms with Gasteiger partial charge in [-0.15, -0.1) is 0 Å². The normalized spacial score (nSPS) is 10.4. The van der Waals surface area contributed by atoms with Crippen molar-refractivity contribution in [1.82, 2.24) is 5.48 Å². The van der Waals surface area contributed by atoms with Gasteiger partial charge < -0.3 is 4.84 Å². The van der Waals surface area contributed by atoms with Crippen LogP contribution in [0, 0.1) is 0 Å². The second kappa shape index (κ2) is 7.76. The lowest BCUT2D eigenvalue weighted by Gasteiger charge is -2.11. The number of fused-ring (bicyclic) bond motifs is 1. The minimum absolute atomic E-state index is 0.366. The van der Waals surface area contributed by atoms with Gasteiger partial charge in [-0.3, -0.25) is 4.79 Å². The Bertz CT molecular complexity index is 1140. The molecule has 28 heavy (non-hydrogen) atoms. The van der Waals surface area contributed by atoms with Gasteiger partial charge in [0.1, 0.15) is 0 Å². The van der Waals surface area contributed by atoms with Crippen molar-refractivity contribution in [3.05, 3.63) is 108 Å². The average molecular weight is 367 g/mol. The molecule has 0 saturated heterocycles. The van der Waals surface area contributed by atoms with Gasteiger partial charge in [0.2, 0.25) is 0 Å². The number of nitrogens with one attached hydrogen (secondary N) is 1. The smallest absolute Gasteiger partial charge is 0.335 e. The summed E-state index contributed by atoms with van der Waals surface area (Å²) >= 11 is 0. The zero-order chi connectivity index (χ0) is 19.3. The highest BCUT2D eigenvalue weighted by Gasteiger charge is 2.15. The zero-order valence-corrected chi connectivity index (χ0v) is 15.0. The van der Waals surface area contributed by atoms with Crippen molar-refractivity contribution >= 4 is 22.6 Å². The van der Waals surface area contributed by atoms with E-state index in [-0.39, 0.29) is 0 Å². The molecule has 136 valence electrons. The molecule has 1 N–H and O–H groups in total. The molecule has 0 spiro atoms. The van der Waals surface area contributed by atoms with Gasteiger partial charge in [-0.05, 0) is 46.2 Å². The first kappa shape index (κ1) is 17.5. The van der Waals surface area contributed by atoms with Gasteiger partial charge in [-0.1, -0.05) is 72.8 Å². The van der Waals surface area contributed by atoms with Crippen LogP contribution in [-0.2, 0) is 4.84 Å². The first-order valence-electron chi connectivity index (χ1n) is 8.87. The Morgan fingerprint density at radius 1 is 0.679 bits per heavy atom. The van der Waals surface area contributed by atoms with Crippen LogP contribution in [0.25, 0.3) is 21.9 Å². The number of benzene rings is 4. The van der Waals surface area contributed by atoms with Crippen molar-refractivity contribution in [3.63, 3.8) is 0 Å².